The number of aliphatic carboxylic acids is 1. The van der Waals surface area contributed by atoms with E-state index in [-0.39, 0.29) is 18.9 Å². The molecule has 7 nitrogen and oxygen atoms in total. The predicted molar refractivity (Wildman–Crippen MR) is 58.4 cm³/mol. The molecule has 2 rings (SSSR count). The van der Waals surface area contributed by atoms with Crippen molar-refractivity contribution in [1.29, 1.82) is 0 Å². The average molecular weight is 254 g/mol. The van der Waals surface area contributed by atoms with Gasteiger partial charge in [-0.15, -0.1) is 0 Å². The average Bonchev–Trinajstić information content (AvgIpc) is 2.89. The molecule has 1 aliphatic heterocycles. The molecule has 1 atom stereocenters. The molecule has 1 fully saturated rings. The van der Waals surface area contributed by atoms with Gasteiger partial charge in [0.2, 0.25) is 5.91 Å². The van der Waals surface area contributed by atoms with Crippen LogP contribution in [-0.4, -0.2) is 40.2 Å². The van der Waals surface area contributed by atoms with Crippen LogP contribution in [0.25, 0.3) is 0 Å². The molecule has 0 saturated carbocycles. The van der Waals surface area contributed by atoms with Gasteiger partial charge < -0.3 is 19.3 Å². The lowest BCUT2D eigenvalue weighted by atomic mass is 10.2. The van der Waals surface area contributed by atoms with Crippen LogP contribution in [0.1, 0.15) is 24.3 Å². The summed E-state index contributed by atoms with van der Waals surface area (Å²) in [4.78, 5) is 23.9. The van der Waals surface area contributed by atoms with E-state index in [0.29, 0.717) is 24.5 Å². The zero-order chi connectivity index (χ0) is 13.1. The molecule has 1 N–H and O–H groups in total. The van der Waals surface area contributed by atoms with Crippen LogP contribution in [0.4, 0.5) is 0 Å². The van der Waals surface area contributed by atoms with Gasteiger partial charge in [0, 0.05) is 19.6 Å². The Hall–Kier alpha value is -1.89. The normalized spacial score (nSPS) is 19.5. The minimum atomic E-state index is -0.985. The van der Waals surface area contributed by atoms with Crippen molar-refractivity contribution in [2.24, 2.45) is 0 Å². The van der Waals surface area contributed by atoms with Crippen molar-refractivity contribution in [1.82, 2.24) is 10.1 Å². The Balaban J connectivity index is 2.06. The van der Waals surface area contributed by atoms with Gasteiger partial charge in [0.25, 0.3) is 0 Å². The molecule has 1 aromatic heterocycles. The molecule has 1 aliphatic rings. The van der Waals surface area contributed by atoms with E-state index in [9.17, 15) is 9.59 Å². The second kappa shape index (κ2) is 5.18. The van der Waals surface area contributed by atoms with Gasteiger partial charge in [0.1, 0.15) is 18.3 Å². The zero-order valence-corrected chi connectivity index (χ0v) is 9.96. The summed E-state index contributed by atoms with van der Waals surface area (Å²) in [7, 11) is 1.53. The standard InChI is InChI=1S/C11H14N2O5/c1-17-6-8-4-7(12-18-8)5-13-9(11(15)16)2-3-10(13)14/h4,9H,2-3,5-6H2,1H3,(H,15,16). The summed E-state index contributed by atoms with van der Waals surface area (Å²) in [6, 6.07) is 0.897. The third-order valence-corrected chi connectivity index (χ3v) is 2.84. The smallest absolute Gasteiger partial charge is 0.326 e. The first-order valence-corrected chi connectivity index (χ1v) is 5.57. The van der Waals surface area contributed by atoms with Gasteiger partial charge >= 0.3 is 5.97 Å². The Labute approximate surface area is 103 Å². The molecule has 0 bridgehead atoms. The highest BCUT2D eigenvalue weighted by atomic mass is 16.5. The summed E-state index contributed by atoms with van der Waals surface area (Å²) >= 11 is 0. The van der Waals surface area contributed by atoms with Crippen molar-refractivity contribution in [2.45, 2.75) is 32.0 Å². The monoisotopic (exact) mass is 254 g/mol. The van der Waals surface area contributed by atoms with Crippen LogP contribution in [0.3, 0.4) is 0 Å². The van der Waals surface area contributed by atoms with E-state index in [4.69, 9.17) is 14.4 Å². The molecule has 7 heteroatoms. The van der Waals surface area contributed by atoms with E-state index < -0.39 is 12.0 Å². The number of rotatable bonds is 5. The number of nitrogens with zero attached hydrogens (tertiary/aromatic N) is 2. The summed E-state index contributed by atoms with van der Waals surface area (Å²) in [5, 5.41) is 12.8. The Kier molecular flexibility index (Phi) is 3.61. The number of methoxy groups -OCH3 is 1. The summed E-state index contributed by atoms with van der Waals surface area (Å²) in [6.07, 6.45) is 0.608. The molecule has 1 amide bonds. The molecule has 2 heterocycles. The van der Waals surface area contributed by atoms with Gasteiger partial charge in [-0.2, -0.15) is 0 Å². The number of carboxylic acid groups (broad SMARTS) is 1. The van der Waals surface area contributed by atoms with Gasteiger partial charge in [-0.3, -0.25) is 4.79 Å². The minimum Gasteiger partial charge on any atom is -0.480 e. The quantitative estimate of drug-likeness (QED) is 0.817. The van der Waals surface area contributed by atoms with E-state index in [1.165, 1.54) is 12.0 Å². The summed E-state index contributed by atoms with van der Waals surface area (Å²) < 4.78 is 9.87. The minimum absolute atomic E-state index is 0.156. The molecule has 1 saturated heterocycles. The van der Waals surface area contributed by atoms with E-state index in [2.05, 4.69) is 5.16 Å². The van der Waals surface area contributed by atoms with Crippen LogP contribution in [0, 0.1) is 0 Å². The number of ether oxygens (including phenoxy) is 1. The van der Waals surface area contributed by atoms with Gasteiger partial charge in [-0.05, 0) is 6.42 Å². The molecule has 0 aliphatic carbocycles. The maximum atomic E-state index is 11.6. The maximum absolute atomic E-state index is 11.6. The summed E-state index contributed by atoms with van der Waals surface area (Å²) in [5.74, 6) is -0.605. The lowest BCUT2D eigenvalue weighted by molar-refractivity contribution is -0.146. The largest absolute Gasteiger partial charge is 0.480 e. The highest BCUT2D eigenvalue weighted by Crippen LogP contribution is 2.21. The second-order valence-corrected chi connectivity index (χ2v) is 4.13. The van der Waals surface area contributed by atoms with Crippen LogP contribution in [0.5, 0.6) is 0 Å². The molecule has 18 heavy (non-hydrogen) atoms. The second-order valence-electron chi connectivity index (χ2n) is 4.13. The lowest BCUT2D eigenvalue weighted by Gasteiger charge is -2.19. The van der Waals surface area contributed by atoms with Crippen LogP contribution in [-0.2, 0) is 27.5 Å². The van der Waals surface area contributed by atoms with Gasteiger partial charge in [-0.1, -0.05) is 5.16 Å². The summed E-state index contributed by atoms with van der Waals surface area (Å²) in [5.41, 5.74) is 0.531. The third-order valence-electron chi connectivity index (χ3n) is 2.84. The lowest BCUT2D eigenvalue weighted by Crippen LogP contribution is -2.37. The van der Waals surface area contributed by atoms with Crippen LogP contribution >= 0.6 is 0 Å². The molecule has 0 aromatic carbocycles. The highest BCUT2D eigenvalue weighted by molar-refractivity contribution is 5.87. The van der Waals surface area contributed by atoms with Crippen molar-refractivity contribution in [3.8, 4) is 0 Å². The first-order valence-electron chi connectivity index (χ1n) is 5.57. The molecular weight excluding hydrogens is 240 g/mol. The van der Waals surface area contributed by atoms with Crippen molar-refractivity contribution in [3.05, 3.63) is 17.5 Å². The fraction of sp³-hybridized carbons (Fsp3) is 0.545. The van der Waals surface area contributed by atoms with Crippen LogP contribution < -0.4 is 0 Å². The topological polar surface area (TPSA) is 92.9 Å². The van der Waals surface area contributed by atoms with Gasteiger partial charge in [0.05, 0.1) is 6.54 Å². The number of likely N-dealkylation sites (tertiary alicyclic amines) is 1. The Morgan fingerprint density at radius 1 is 1.72 bits per heavy atom. The molecule has 1 unspecified atom stereocenters. The van der Waals surface area contributed by atoms with E-state index >= 15 is 0 Å². The van der Waals surface area contributed by atoms with Gasteiger partial charge in [0.15, 0.2) is 5.76 Å². The SMILES string of the molecule is COCc1cc(CN2C(=O)CCC2C(=O)O)no1. The molecule has 98 valence electrons. The molecule has 1 aromatic rings. The van der Waals surface area contributed by atoms with E-state index in [1.54, 1.807) is 6.07 Å². The number of hydrogen-bond acceptors (Lipinski definition) is 5. The Morgan fingerprint density at radius 3 is 3.17 bits per heavy atom. The number of carboxylic acids is 1. The Bertz CT molecular complexity index is 456. The highest BCUT2D eigenvalue weighted by Gasteiger charge is 2.36. The fourth-order valence-electron chi connectivity index (χ4n) is 2.00. The zero-order valence-electron chi connectivity index (χ0n) is 9.96. The number of carbonyl (C=O) groups is 2. The van der Waals surface area contributed by atoms with Gasteiger partial charge in [-0.25, -0.2) is 4.79 Å². The van der Waals surface area contributed by atoms with E-state index in [1.807, 2.05) is 0 Å². The first kappa shape index (κ1) is 12.6. The maximum Gasteiger partial charge on any atom is 0.326 e. The van der Waals surface area contributed by atoms with Crippen molar-refractivity contribution in [3.63, 3.8) is 0 Å². The van der Waals surface area contributed by atoms with Crippen LogP contribution in [0.15, 0.2) is 10.6 Å². The number of carbonyl (C=O) groups excluding carboxylic acids is 1. The van der Waals surface area contributed by atoms with Crippen molar-refractivity contribution < 1.29 is 24.0 Å². The predicted octanol–water partition coefficient (Wildman–Crippen LogP) is 0.397. The number of amides is 1. The Morgan fingerprint density at radius 2 is 2.50 bits per heavy atom. The third kappa shape index (κ3) is 2.51. The molecule has 0 spiro atoms. The van der Waals surface area contributed by atoms with E-state index in [0.717, 1.165) is 0 Å². The van der Waals surface area contributed by atoms with Crippen LogP contribution in [0.2, 0.25) is 0 Å². The fourth-order valence-corrected chi connectivity index (χ4v) is 2.00. The van der Waals surface area contributed by atoms with Crippen molar-refractivity contribution in [2.75, 3.05) is 7.11 Å². The molecular formula is C11H14N2O5. The summed E-state index contributed by atoms with van der Waals surface area (Å²) in [6.45, 7) is 0.451. The van der Waals surface area contributed by atoms with Crippen molar-refractivity contribution >= 4 is 11.9 Å². The number of aromatic nitrogens is 1. The molecule has 0 radical (unpaired) electrons. The first-order chi connectivity index (χ1) is 8.61. The number of hydrogen-bond donors (Lipinski definition) is 1.